The zero-order valence-corrected chi connectivity index (χ0v) is 11.0. The minimum Gasteiger partial charge on any atom is -0.469 e. The quantitative estimate of drug-likeness (QED) is 0.849. The minimum absolute atomic E-state index is 0.708. The molecule has 1 N–H and O–H groups in total. The molecule has 1 aromatic rings. The number of likely N-dealkylation sites (tertiary alicyclic amines) is 1. The zero-order chi connectivity index (χ0) is 12.1. The summed E-state index contributed by atoms with van der Waals surface area (Å²) in [7, 11) is 0. The van der Waals surface area contributed by atoms with E-state index >= 15 is 0 Å². The molecule has 1 saturated heterocycles. The predicted molar refractivity (Wildman–Crippen MR) is 70.1 cm³/mol. The number of nitrogens with one attached hydrogen (secondary N) is 1. The lowest BCUT2D eigenvalue weighted by Gasteiger charge is -2.37. The molecule has 2 atom stereocenters. The molecule has 0 amide bonds. The van der Waals surface area contributed by atoms with Crippen molar-refractivity contribution in [2.24, 2.45) is 5.92 Å². The molecular formula is C14H24N2O. The van der Waals surface area contributed by atoms with Crippen LogP contribution < -0.4 is 5.32 Å². The molecule has 96 valence electrons. The molecule has 1 aliphatic heterocycles. The van der Waals surface area contributed by atoms with Gasteiger partial charge in [-0.1, -0.05) is 13.8 Å². The maximum Gasteiger partial charge on any atom is 0.105 e. The van der Waals surface area contributed by atoms with E-state index in [1.54, 1.807) is 6.26 Å². The van der Waals surface area contributed by atoms with Crippen molar-refractivity contribution in [3.8, 4) is 0 Å². The van der Waals surface area contributed by atoms with Crippen molar-refractivity contribution in [3.05, 3.63) is 24.2 Å². The largest absolute Gasteiger partial charge is 0.469 e. The minimum atomic E-state index is 0.708. The van der Waals surface area contributed by atoms with Crippen LogP contribution >= 0.6 is 0 Å². The topological polar surface area (TPSA) is 28.4 Å². The lowest BCUT2D eigenvalue weighted by molar-refractivity contribution is 0.148. The molecule has 0 aliphatic carbocycles. The van der Waals surface area contributed by atoms with Crippen LogP contribution in [-0.2, 0) is 6.42 Å². The highest BCUT2D eigenvalue weighted by Gasteiger charge is 2.24. The van der Waals surface area contributed by atoms with Gasteiger partial charge in [0.25, 0.3) is 0 Å². The fourth-order valence-electron chi connectivity index (χ4n) is 2.72. The summed E-state index contributed by atoms with van der Waals surface area (Å²) < 4.78 is 5.37. The van der Waals surface area contributed by atoms with E-state index in [4.69, 9.17) is 4.42 Å². The average molecular weight is 236 g/mol. The van der Waals surface area contributed by atoms with Gasteiger partial charge in [0.15, 0.2) is 0 Å². The number of nitrogens with zero attached hydrogens (tertiary/aromatic N) is 1. The summed E-state index contributed by atoms with van der Waals surface area (Å²) >= 11 is 0. The van der Waals surface area contributed by atoms with Gasteiger partial charge in [-0.15, -0.1) is 0 Å². The molecule has 1 aromatic heterocycles. The van der Waals surface area contributed by atoms with E-state index in [1.165, 1.54) is 19.5 Å². The molecule has 2 heterocycles. The second kappa shape index (κ2) is 6.22. The smallest absolute Gasteiger partial charge is 0.105 e. The number of furan rings is 1. The molecule has 17 heavy (non-hydrogen) atoms. The second-order valence-corrected chi connectivity index (χ2v) is 5.06. The van der Waals surface area contributed by atoms with Gasteiger partial charge in [-0.25, -0.2) is 0 Å². The molecule has 2 unspecified atom stereocenters. The van der Waals surface area contributed by atoms with Gasteiger partial charge < -0.3 is 14.6 Å². The van der Waals surface area contributed by atoms with Crippen LogP contribution in [0.25, 0.3) is 0 Å². The van der Waals surface area contributed by atoms with Gasteiger partial charge in [-0.2, -0.15) is 0 Å². The monoisotopic (exact) mass is 236 g/mol. The molecule has 0 saturated carbocycles. The maximum absolute atomic E-state index is 5.37. The number of rotatable bonds is 5. The van der Waals surface area contributed by atoms with Crippen LogP contribution in [0.4, 0.5) is 0 Å². The molecule has 0 bridgehead atoms. The van der Waals surface area contributed by atoms with Crippen LogP contribution in [0.5, 0.6) is 0 Å². The first-order valence-corrected chi connectivity index (χ1v) is 6.77. The van der Waals surface area contributed by atoms with Crippen LogP contribution in [0, 0.1) is 5.92 Å². The van der Waals surface area contributed by atoms with Gasteiger partial charge in [0, 0.05) is 25.6 Å². The van der Waals surface area contributed by atoms with Gasteiger partial charge in [0.1, 0.15) is 5.76 Å². The van der Waals surface area contributed by atoms with Crippen LogP contribution in [0.15, 0.2) is 22.8 Å². The summed E-state index contributed by atoms with van der Waals surface area (Å²) in [4.78, 5) is 2.56. The second-order valence-electron chi connectivity index (χ2n) is 5.06. The fraction of sp³-hybridized carbons (Fsp3) is 0.714. The lowest BCUT2D eigenvalue weighted by atomic mass is 9.93. The first-order valence-electron chi connectivity index (χ1n) is 6.77. The van der Waals surface area contributed by atoms with Gasteiger partial charge in [0.05, 0.1) is 6.26 Å². The predicted octanol–water partition coefficient (Wildman–Crippen LogP) is 2.14. The number of hydrogen-bond donors (Lipinski definition) is 1. The van der Waals surface area contributed by atoms with E-state index in [0.717, 1.165) is 31.2 Å². The summed E-state index contributed by atoms with van der Waals surface area (Å²) in [5.74, 6) is 1.85. The van der Waals surface area contributed by atoms with Gasteiger partial charge in [-0.05, 0) is 37.6 Å². The third-order valence-electron chi connectivity index (χ3n) is 3.71. The molecule has 1 fully saturated rings. The lowest BCUT2D eigenvalue weighted by Crippen LogP contribution is -2.48. The number of hydrogen-bond acceptors (Lipinski definition) is 3. The summed E-state index contributed by atoms with van der Waals surface area (Å²) in [6.07, 6.45) is 4.06. The molecule has 1 aliphatic rings. The van der Waals surface area contributed by atoms with Crippen molar-refractivity contribution in [2.45, 2.75) is 32.7 Å². The van der Waals surface area contributed by atoms with Gasteiger partial charge in [-0.3, -0.25) is 0 Å². The van der Waals surface area contributed by atoms with Crippen molar-refractivity contribution in [1.29, 1.82) is 0 Å². The zero-order valence-electron chi connectivity index (χ0n) is 11.0. The van der Waals surface area contributed by atoms with E-state index in [-0.39, 0.29) is 0 Å². The van der Waals surface area contributed by atoms with Crippen molar-refractivity contribution >= 4 is 0 Å². The Morgan fingerprint density at radius 1 is 1.53 bits per heavy atom. The van der Waals surface area contributed by atoms with Crippen molar-refractivity contribution in [1.82, 2.24) is 10.2 Å². The molecule has 3 nitrogen and oxygen atoms in total. The van der Waals surface area contributed by atoms with Gasteiger partial charge in [0.2, 0.25) is 0 Å². The van der Waals surface area contributed by atoms with E-state index in [9.17, 15) is 0 Å². The fourth-order valence-corrected chi connectivity index (χ4v) is 2.72. The summed E-state index contributed by atoms with van der Waals surface area (Å²) in [6, 6.07) is 4.74. The molecule has 2 rings (SSSR count). The Labute approximate surface area is 104 Å². The van der Waals surface area contributed by atoms with Crippen molar-refractivity contribution in [2.75, 3.05) is 26.2 Å². The molecule has 0 radical (unpaired) electrons. The van der Waals surface area contributed by atoms with Crippen LogP contribution in [0.3, 0.4) is 0 Å². The van der Waals surface area contributed by atoms with Crippen LogP contribution in [0.1, 0.15) is 26.0 Å². The average Bonchev–Trinajstić information content (AvgIpc) is 2.83. The standard InChI is InChI=1S/C14H24N2O/c1-3-15-14-7-9-16(11-12(14)2)8-6-13-5-4-10-17-13/h4-5,10,12,14-15H,3,6-9,11H2,1-2H3. The molecule has 0 aromatic carbocycles. The molecular weight excluding hydrogens is 212 g/mol. The Hall–Kier alpha value is -0.800. The Morgan fingerprint density at radius 2 is 2.41 bits per heavy atom. The first-order chi connectivity index (χ1) is 8.29. The Bertz CT molecular complexity index is 310. The van der Waals surface area contributed by atoms with E-state index < -0.39 is 0 Å². The summed E-state index contributed by atoms with van der Waals surface area (Å²) in [5, 5.41) is 3.58. The molecule has 0 spiro atoms. The SMILES string of the molecule is CCNC1CCN(CCc2ccco2)CC1C. The van der Waals surface area contributed by atoms with E-state index in [0.29, 0.717) is 6.04 Å². The molecule has 3 heteroatoms. The Morgan fingerprint density at radius 3 is 3.06 bits per heavy atom. The highest BCUT2D eigenvalue weighted by Crippen LogP contribution is 2.17. The highest BCUT2D eigenvalue weighted by atomic mass is 16.3. The third kappa shape index (κ3) is 3.58. The van der Waals surface area contributed by atoms with Gasteiger partial charge >= 0.3 is 0 Å². The maximum atomic E-state index is 5.37. The number of piperidine rings is 1. The van der Waals surface area contributed by atoms with Crippen LogP contribution in [-0.4, -0.2) is 37.1 Å². The Balaban J connectivity index is 1.73. The van der Waals surface area contributed by atoms with E-state index in [2.05, 4.69) is 30.1 Å². The normalized spacial score (nSPS) is 26.2. The summed E-state index contributed by atoms with van der Waals surface area (Å²) in [6.45, 7) is 9.17. The third-order valence-corrected chi connectivity index (χ3v) is 3.71. The van der Waals surface area contributed by atoms with Crippen molar-refractivity contribution < 1.29 is 4.42 Å². The summed E-state index contributed by atoms with van der Waals surface area (Å²) in [5.41, 5.74) is 0. The van der Waals surface area contributed by atoms with E-state index in [1.807, 2.05) is 6.07 Å². The first kappa shape index (κ1) is 12.7. The highest BCUT2D eigenvalue weighted by molar-refractivity contribution is 4.98. The van der Waals surface area contributed by atoms with Crippen molar-refractivity contribution in [3.63, 3.8) is 0 Å². The Kier molecular flexibility index (Phi) is 4.63. The van der Waals surface area contributed by atoms with Crippen LogP contribution in [0.2, 0.25) is 0 Å².